The molecule has 10 heteroatoms. The van der Waals surface area contributed by atoms with E-state index in [1.54, 1.807) is 31.9 Å². The third-order valence-electron chi connectivity index (χ3n) is 6.45. The lowest BCUT2D eigenvalue weighted by Crippen LogP contribution is -2.41. The molecule has 0 fully saturated rings. The summed E-state index contributed by atoms with van der Waals surface area (Å²) in [5.74, 6) is -0.151. The van der Waals surface area contributed by atoms with Gasteiger partial charge in [-0.1, -0.05) is 35.6 Å². The number of esters is 1. The SMILES string of the molecule is CCOC(=O)C1=C(C)N=c2s/c(=C3/C(=O)N(CC)c4ccccc43)c(=O)n2[C@H]1c1ccc(OC)c(Br)c1. The summed E-state index contributed by atoms with van der Waals surface area (Å²) in [5.41, 5.74) is 2.87. The molecule has 3 heterocycles. The fourth-order valence-electron chi connectivity index (χ4n) is 4.82. The standard InChI is InChI=1S/C27H24BrN3O5S/c1-5-30-18-10-8-7-9-16(18)21(24(30)32)23-25(33)31-22(15-11-12-19(35-4)17(28)13-15)20(26(34)36-6-2)14(3)29-27(31)37-23/h7-13,22H,5-6H2,1-4H3/b23-21+/t22-/m0/s1. The molecule has 190 valence electrons. The molecule has 2 aromatic carbocycles. The first-order chi connectivity index (χ1) is 17.8. The Bertz CT molecular complexity index is 1670. The van der Waals surface area contributed by atoms with E-state index in [0.717, 1.165) is 17.0 Å². The summed E-state index contributed by atoms with van der Waals surface area (Å²) in [6, 6.07) is 12.1. The molecule has 0 bridgehead atoms. The molecule has 0 radical (unpaired) electrons. The van der Waals surface area contributed by atoms with E-state index in [4.69, 9.17) is 9.47 Å². The molecule has 1 atom stereocenters. The molecule has 3 aromatic rings. The molecule has 0 saturated heterocycles. The van der Waals surface area contributed by atoms with Crippen LogP contribution >= 0.6 is 27.3 Å². The fourth-order valence-corrected chi connectivity index (χ4v) is 6.52. The summed E-state index contributed by atoms with van der Waals surface area (Å²) in [5, 5.41) is 0. The smallest absolute Gasteiger partial charge is 0.338 e. The lowest BCUT2D eigenvalue weighted by Gasteiger charge is -2.25. The van der Waals surface area contributed by atoms with Crippen LogP contribution in [0.4, 0.5) is 5.69 Å². The molecule has 0 spiro atoms. The highest BCUT2D eigenvalue weighted by Gasteiger charge is 2.37. The van der Waals surface area contributed by atoms with Gasteiger partial charge >= 0.3 is 5.97 Å². The quantitative estimate of drug-likeness (QED) is 0.431. The number of benzene rings is 2. The van der Waals surface area contributed by atoms with Crippen molar-refractivity contribution in [3.8, 4) is 5.75 Å². The van der Waals surface area contributed by atoms with E-state index < -0.39 is 12.0 Å². The van der Waals surface area contributed by atoms with Crippen LogP contribution in [-0.2, 0) is 14.3 Å². The highest BCUT2D eigenvalue weighted by atomic mass is 79.9. The number of hydrogen-bond acceptors (Lipinski definition) is 7. The van der Waals surface area contributed by atoms with E-state index >= 15 is 0 Å². The maximum Gasteiger partial charge on any atom is 0.338 e. The van der Waals surface area contributed by atoms with Crippen molar-refractivity contribution in [1.82, 2.24) is 4.57 Å². The second-order valence-electron chi connectivity index (χ2n) is 8.46. The van der Waals surface area contributed by atoms with Gasteiger partial charge in [0.15, 0.2) is 4.80 Å². The Morgan fingerprint density at radius 1 is 1.16 bits per heavy atom. The Balaban J connectivity index is 1.82. The number of aromatic nitrogens is 1. The number of rotatable bonds is 5. The molecule has 2 aliphatic heterocycles. The zero-order chi connectivity index (χ0) is 26.4. The van der Waals surface area contributed by atoms with Gasteiger partial charge in [0.25, 0.3) is 11.5 Å². The second kappa shape index (κ2) is 9.75. The van der Waals surface area contributed by atoms with Crippen molar-refractivity contribution in [1.29, 1.82) is 0 Å². The van der Waals surface area contributed by atoms with Crippen molar-refractivity contribution in [2.75, 3.05) is 25.2 Å². The minimum Gasteiger partial charge on any atom is -0.496 e. The Labute approximate surface area is 225 Å². The van der Waals surface area contributed by atoms with Gasteiger partial charge in [-0.2, -0.15) is 0 Å². The van der Waals surface area contributed by atoms with E-state index in [1.165, 1.54) is 4.57 Å². The summed E-state index contributed by atoms with van der Waals surface area (Å²) in [6.07, 6.45) is 0. The van der Waals surface area contributed by atoms with Gasteiger partial charge in [-0.15, -0.1) is 0 Å². The molecule has 1 aromatic heterocycles. The lowest BCUT2D eigenvalue weighted by atomic mass is 9.96. The van der Waals surface area contributed by atoms with Gasteiger partial charge in [0, 0.05) is 12.1 Å². The molecular formula is C27H24BrN3O5S. The van der Waals surface area contributed by atoms with E-state index in [2.05, 4.69) is 20.9 Å². The summed E-state index contributed by atoms with van der Waals surface area (Å²) in [6.45, 7) is 6.02. The van der Waals surface area contributed by atoms with Crippen molar-refractivity contribution in [3.63, 3.8) is 0 Å². The molecule has 0 saturated carbocycles. The molecule has 0 aliphatic carbocycles. The van der Waals surface area contributed by atoms with Crippen LogP contribution in [-0.4, -0.2) is 36.7 Å². The minimum absolute atomic E-state index is 0.182. The Morgan fingerprint density at radius 2 is 1.92 bits per heavy atom. The van der Waals surface area contributed by atoms with Gasteiger partial charge in [0.2, 0.25) is 0 Å². The fraction of sp³-hybridized carbons (Fsp3) is 0.259. The Morgan fingerprint density at radius 3 is 2.59 bits per heavy atom. The molecule has 0 unspecified atom stereocenters. The van der Waals surface area contributed by atoms with Crippen molar-refractivity contribution < 1.29 is 19.1 Å². The number of anilines is 1. The largest absolute Gasteiger partial charge is 0.496 e. The number of para-hydroxylation sites is 1. The number of thiazole rings is 1. The predicted molar refractivity (Wildman–Crippen MR) is 145 cm³/mol. The first-order valence-electron chi connectivity index (χ1n) is 11.8. The molecule has 8 nitrogen and oxygen atoms in total. The summed E-state index contributed by atoms with van der Waals surface area (Å²) in [7, 11) is 1.56. The van der Waals surface area contributed by atoms with E-state index in [0.29, 0.717) is 48.5 Å². The first-order valence-corrected chi connectivity index (χ1v) is 13.4. The van der Waals surface area contributed by atoms with Crippen LogP contribution in [0.5, 0.6) is 5.75 Å². The number of carbonyl (C=O) groups excluding carboxylic acids is 2. The first kappa shape index (κ1) is 25.2. The number of amides is 1. The van der Waals surface area contributed by atoms with Gasteiger partial charge in [-0.25, -0.2) is 9.79 Å². The van der Waals surface area contributed by atoms with Crippen molar-refractivity contribution >= 4 is 50.4 Å². The average molecular weight is 582 g/mol. The number of likely N-dealkylation sites (N-methyl/N-ethyl adjacent to an activating group) is 1. The van der Waals surface area contributed by atoms with Gasteiger partial charge in [-0.05, 0) is 60.5 Å². The van der Waals surface area contributed by atoms with Crippen molar-refractivity contribution in [2.24, 2.45) is 4.99 Å². The number of methoxy groups -OCH3 is 1. The zero-order valence-corrected chi connectivity index (χ0v) is 23.1. The van der Waals surface area contributed by atoms with Gasteiger partial charge in [0.05, 0.1) is 46.8 Å². The molecule has 0 N–H and O–H groups in total. The predicted octanol–water partition coefficient (Wildman–Crippen LogP) is 3.31. The lowest BCUT2D eigenvalue weighted by molar-refractivity contribution is -0.139. The molecule has 37 heavy (non-hydrogen) atoms. The highest BCUT2D eigenvalue weighted by Crippen LogP contribution is 2.36. The molecule has 5 rings (SSSR count). The van der Waals surface area contributed by atoms with Crippen molar-refractivity contribution in [2.45, 2.75) is 26.8 Å². The van der Waals surface area contributed by atoms with Gasteiger partial charge in [0.1, 0.15) is 10.3 Å². The zero-order valence-electron chi connectivity index (χ0n) is 20.7. The van der Waals surface area contributed by atoms with Crippen molar-refractivity contribution in [3.05, 3.63) is 89.0 Å². The van der Waals surface area contributed by atoms with Crippen LogP contribution < -0.4 is 24.5 Å². The van der Waals surface area contributed by atoms with Crippen LogP contribution in [0.3, 0.4) is 0 Å². The molecule has 1 amide bonds. The number of allylic oxidation sites excluding steroid dienone is 1. The Hall–Kier alpha value is -3.50. The third kappa shape index (κ3) is 3.95. The maximum absolute atomic E-state index is 14.1. The molecule has 2 aliphatic rings. The van der Waals surface area contributed by atoms with Crippen LogP contribution in [0.15, 0.2) is 68.0 Å². The summed E-state index contributed by atoms with van der Waals surface area (Å²) in [4.78, 5) is 47.4. The monoisotopic (exact) mass is 581 g/mol. The van der Waals surface area contributed by atoms with Crippen LogP contribution in [0.1, 0.15) is 37.9 Å². The number of nitrogens with zero attached hydrogens (tertiary/aromatic N) is 3. The average Bonchev–Trinajstić information content (AvgIpc) is 3.35. The number of fused-ring (bicyclic) bond motifs is 2. The Kier molecular flexibility index (Phi) is 6.63. The number of halogens is 1. The molecular weight excluding hydrogens is 558 g/mol. The van der Waals surface area contributed by atoms with Crippen LogP contribution in [0.2, 0.25) is 0 Å². The van der Waals surface area contributed by atoms with Crippen LogP contribution in [0, 0.1) is 0 Å². The van der Waals surface area contributed by atoms with E-state index in [1.807, 2.05) is 43.3 Å². The van der Waals surface area contributed by atoms with E-state index in [-0.39, 0.29) is 23.6 Å². The number of hydrogen-bond donors (Lipinski definition) is 0. The minimum atomic E-state index is -0.791. The van der Waals surface area contributed by atoms with Crippen LogP contribution in [0.25, 0.3) is 5.57 Å². The highest BCUT2D eigenvalue weighted by molar-refractivity contribution is 9.10. The normalized spacial score (nSPS) is 17.9. The number of ether oxygens (including phenoxy) is 2. The topological polar surface area (TPSA) is 90.2 Å². The van der Waals surface area contributed by atoms with Gasteiger partial charge < -0.3 is 14.4 Å². The third-order valence-corrected chi connectivity index (χ3v) is 8.12. The number of carbonyl (C=O) groups is 2. The maximum atomic E-state index is 14.1. The second-order valence-corrected chi connectivity index (χ2v) is 10.3. The van der Waals surface area contributed by atoms with Gasteiger partial charge in [-0.3, -0.25) is 14.2 Å². The van der Waals surface area contributed by atoms with E-state index in [9.17, 15) is 14.4 Å². The summed E-state index contributed by atoms with van der Waals surface area (Å²) >= 11 is 4.67. The summed E-state index contributed by atoms with van der Waals surface area (Å²) < 4.78 is 13.2.